The van der Waals surface area contributed by atoms with Gasteiger partial charge in [-0.3, -0.25) is 9.59 Å². The number of carbonyl (C=O) groups is 3. The van der Waals surface area contributed by atoms with Gasteiger partial charge in [-0.05, 0) is 30.0 Å². The van der Waals surface area contributed by atoms with Crippen molar-refractivity contribution in [2.45, 2.75) is 45.7 Å². The quantitative estimate of drug-likeness (QED) is 0.640. The van der Waals surface area contributed by atoms with Crippen LogP contribution in [0.2, 0.25) is 0 Å². The summed E-state index contributed by atoms with van der Waals surface area (Å²) in [4.78, 5) is 36.0. The summed E-state index contributed by atoms with van der Waals surface area (Å²) in [6, 6.07) is 5.96. The Hall–Kier alpha value is -1.89. The number of nitrogens with one attached hydrogen (secondary N) is 2. The maximum atomic E-state index is 12.5. The van der Waals surface area contributed by atoms with Crippen LogP contribution in [0.3, 0.4) is 0 Å². The molecule has 0 fully saturated rings. The van der Waals surface area contributed by atoms with Crippen molar-refractivity contribution in [3.63, 3.8) is 0 Å². The topological polar surface area (TPSA) is 84.5 Å². The second-order valence-corrected chi connectivity index (χ2v) is 7.21. The highest BCUT2D eigenvalue weighted by molar-refractivity contribution is 9.10. The van der Waals surface area contributed by atoms with Gasteiger partial charge in [0.1, 0.15) is 12.1 Å². The van der Waals surface area contributed by atoms with Crippen molar-refractivity contribution in [2.75, 3.05) is 7.11 Å². The van der Waals surface area contributed by atoms with E-state index in [1.807, 2.05) is 38.1 Å². The highest BCUT2D eigenvalue weighted by Crippen LogP contribution is 2.13. The molecule has 0 aliphatic carbocycles. The summed E-state index contributed by atoms with van der Waals surface area (Å²) >= 11 is 3.36. The van der Waals surface area contributed by atoms with Gasteiger partial charge in [0, 0.05) is 17.8 Å². The van der Waals surface area contributed by atoms with Crippen LogP contribution in [0, 0.1) is 5.92 Å². The van der Waals surface area contributed by atoms with Gasteiger partial charge >= 0.3 is 5.97 Å². The Morgan fingerprint density at radius 1 is 1.08 bits per heavy atom. The minimum Gasteiger partial charge on any atom is -0.467 e. The van der Waals surface area contributed by atoms with Crippen molar-refractivity contribution in [3.05, 3.63) is 34.3 Å². The summed E-state index contributed by atoms with van der Waals surface area (Å²) in [5.41, 5.74) is 0.888. The molecule has 0 unspecified atom stereocenters. The zero-order valence-corrected chi connectivity index (χ0v) is 16.6. The molecule has 138 valence electrons. The summed E-state index contributed by atoms with van der Waals surface area (Å²) in [6.07, 6.45) is 0.789. The molecular weight excluding hydrogens is 388 g/mol. The van der Waals surface area contributed by atoms with Crippen LogP contribution in [0.5, 0.6) is 0 Å². The molecule has 0 aliphatic rings. The van der Waals surface area contributed by atoms with E-state index in [4.69, 9.17) is 4.74 Å². The lowest BCUT2D eigenvalue weighted by atomic mass is 10.0. The van der Waals surface area contributed by atoms with E-state index >= 15 is 0 Å². The molecule has 2 amide bonds. The van der Waals surface area contributed by atoms with Crippen LogP contribution in [-0.2, 0) is 25.5 Å². The lowest BCUT2D eigenvalue weighted by molar-refractivity contribution is -0.145. The summed E-state index contributed by atoms with van der Waals surface area (Å²) < 4.78 is 5.73. The zero-order valence-electron chi connectivity index (χ0n) is 15.0. The molecule has 25 heavy (non-hydrogen) atoms. The van der Waals surface area contributed by atoms with E-state index in [2.05, 4.69) is 26.6 Å². The second-order valence-electron chi connectivity index (χ2n) is 6.30. The average Bonchev–Trinajstić information content (AvgIpc) is 2.53. The van der Waals surface area contributed by atoms with Crippen LogP contribution < -0.4 is 10.6 Å². The van der Waals surface area contributed by atoms with Crippen LogP contribution >= 0.6 is 15.9 Å². The van der Waals surface area contributed by atoms with Gasteiger partial charge in [-0.2, -0.15) is 0 Å². The normalized spacial score (nSPS) is 13.0. The number of carbonyl (C=O) groups excluding carboxylic acids is 3. The zero-order chi connectivity index (χ0) is 19.0. The van der Waals surface area contributed by atoms with Gasteiger partial charge in [0.15, 0.2) is 0 Å². The summed E-state index contributed by atoms with van der Waals surface area (Å²) in [7, 11) is 1.28. The third-order valence-corrected chi connectivity index (χ3v) is 4.09. The number of hydrogen-bond acceptors (Lipinski definition) is 4. The van der Waals surface area contributed by atoms with Gasteiger partial charge < -0.3 is 15.4 Å². The smallest absolute Gasteiger partial charge is 0.328 e. The number of esters is 1. The molecule has 0 aromatic heterocycles. The third kappa shape index (κ3) is 7.69. The van der Waals surface area contributed by atoms with E-state index in [1.54, 1.807) is 0 Å². The van der Waals surface area contributed by atoms with Crippen LogP contribution in [0.1, 0.15) is 32.8 Å². The number of rotatable bonds is 8. The number of ether oxygens (including phenoxy) is 1. The fraction of sp³-hybridized carbons (Fsp3) is 0.500. The number of benzene rings is 1. The molecule has 1 rings (SSSR count). The SMILES string of the molecule is COC(=O)[C@H](Cc1ccc(Br)cc1)NC(=O)[C@H](CC(C)C)NC(C)=O. The molecular formula is C18H25BrN2O4. The number of hydrogen-bond donors (Lipinski definition) is 2. The Balaban J connectivity index is 2.87. The molecule has 0 spiro atoms. The molecule has 0 saturated heterocycles. The van der Waals surface area contributed by atoms with Gasteiger partial charge in [0.05, 0.1) is 7.11 Å². The van der Waals surface area contributed by atoms with E-state index < -0.39 is 24.0 Å². The van der Waals surface area contributed by atoms with Crippen molar-refractivity contribution in [1.82, 2.24) is 10.6 Å². The second kappa shape index (κ2) is 10.2. The molecule has 1 aromatic carbocycles. The maximum absolute atomic E-state index is 12.5. The van der Waals surface area contributed by atoms with Gasteiger partial charge in [0.25, 0.3) is 0 Å². The Bertz CT molecular complexity index is 602. The molecule has 0 bridgehead atoms. The van der Waals surface area contributed by atoms with Crippen LogP contribution in [0.15, 0.2) is 28.7 Å². The van der Waals surface area contributed by atoms with Gasteiger partial charge in [-0.25, -0.2) is 4.79 Å². The molecule has 0 radical (unpaired) electrons. The summed E-state index contributed by atoms with van der Waals surface area (Å²) in [5.74, 6) is -0.993. The largest absolute Gasteiger partial charge is 0.467 e. The average molecular weight is 413 g/mol. The standard InChI is InChI=1S/C18H25BrN2O4/c1-11(2)9-15(20-12(3)22)17(23)21-16(18(24)25-4)10-13-5-7-14(19)8-6-13/h5-8,11,15-16H,9-10H2,1-4H3,(H,20,22)(H,21,23)/t15-,16-/m0/s1. The van der Waals surface area contributed by atoms with Crippen molar-refractivity contribution in [1.29, 1.82) is 0 Å². The molecule has 2 atom stereocenters. The molecule has 0 aliphatic heterocycles. The van der Waals surface area contributed by atoms with E-state index in [9.17, 15) is 14.4 Å². The predicted octanol–water partition coefficient (Wildman–Crippen LogP) is 2.20. The fourth-order valence-corrected chi connectivity index (χ4v) is 2.68. The fourth-order valence-electron chi connectivity index (χ4n) is 2.41. The summed E-state index contributed by atoms with van der Waals surface area (Å²) in [6.45, 7) is 5.28. The first-order valence-electron chi connectivity index (χ1n) is 8.12. The maximum Gasteiger partial charge on any atom is 0.328 e. The van der Waals surface area contributed by atoms with E-state index in [0.29, 0.717) is 12.8 Å². The van der Waals surface area contributed by atoms with E-state index in [0.717, 1.165) is 10.0 Å². The highest BCUT2D eigenvalue weighted by atomic mass is 79.9. The molecule has 0 saturated carbocycles. The Morgan fingerprint density at radius 2 is 1.68 bits per heavy atom. The van der Waals surface area contributed by atoms with Crippen molar-refractivity contribution in [3.8, 4) is 0 Å². The number of halogens is 1. The molecule has 0 heterocycles. The Labute approximate surface area is 156 Å². The van der Waals surface area contributed by atoms with E-state index in [1.165, 1.54) is 14.0 Å². The Morgan fingerprint density at radius 3 is 2.16 bits per heavy atom. The molecule has 6 nitrogen and oxygen atoms in total. The molecule has 2 N–H and O–H groups in total. The molecule has 1 aromatic rings. The van der Waals surface area contributed by atoms with Crippen molar-refractivity contribution in [2.24, 2.45) is 5.92 Å². The lowest BCUT2D eigenvalue weighted by Crippen LogP contribution is -2.52. The van der Waals surface area contributed by atoms with Gasteiger partial charge in [0.2, 0.25) is 11.8 Å². The lowest BCUT2D eigenvalue weighted by Gasteiger charge is -2.23. The minimum atomic E-state index is -0.818. The monoisotopic (exact) mass is 412 g/mol. The van der Waals surface area contributed by atoms with Crippen LogP contribution in [-0.4, -0.2) is 37.0 Å². The van der Waals surface area contributed by atoms with Gasteiger partial charge in [-0.15, -0.1) is 0 Å². The minimum absolute atomic E-state index is 0.214. The van der Waals surface area contributed by atoms with Crippen molar-refractivity contribution >= 4 is 33.7 Å². The number of amides is 2. The first-order valence-corrected chi connectivity index (χ1v) is 8.92. The summed E-state index contributed by atoms with van der Waals surface area (Å²) in [5, 5.41) is 5.34. The van der Waals surface area contributed by atoms with Crippen LogP contribution in [0.25, 0.3) is 0 Å². The first kappa shape index (κ1) is 21.2. The van der Waals surface area contributed by atoms with Gasteiger partial charge in [-0.1, -0.05) is 41.9 Å². The highest BCUT2D eigenvalue weighted by Gasteiger charge is 2.27. The Kier molecular flexibility index (Phi) is 8.61. The van der Waals surface area contributed by atoms with Crippen LogP contribution in [0.4, 0.5) is 0 Å². The van der Waals surface area contributed by atoms with E-state index in [-0.39, 0.29) is 11.8 Å². The first-order chi connectivity index (χ1) is 11.7. The third-order valence-electron chi connectivity index (χ3n) is 3.56. The predicted molar refractivity (Wildman–Crippen MR) is 98.9 cm³/mol. The molecule has 7 heteroatoms. The van der Waals surface area contributed by atoms with Crippen molar-refractivity contribution < 1.29 is 19.1 Å². The number of methoxy groups -OCH3 is 1.